The van der Waals surface area contributed by atoms with E-state index >= 15 is 0 Å². The van der Waals surface area contributed by atoms with Crippen molar-refractivity contribution in [2.45, 2.75) is 44.2 Å². The molecule has 0 saturated carbocycles. The Morgan fingerprint density at radius 1 is 1.18 bits per heavy atom. The molecule has 2 aliphatic rings. The van der Waals surface area contributed by atoms with Crippen molar-refractivity contribution in [1.82, 2.24) is 9.80 Å². The number of rotatable bonds is 5. The van der Waals surface area contributed by atoms with Crippen LogP contribution < -0.4 is 5.73 Å². The standard InChI is InChI=1S/C13H27N3O/c14-12(5-9-17)10-15-8-4-13(11-15)16-6-2-1-3-7-16/h12-13,17H,1-11,14H2. The van der Waals surface area contributed by atoms with E-state index in [1.165, 1.54) is 51.9 Å². The molecule has 0 radical (unpaired) electrons. The van der Waals surface area contributed by atoms with E-state index in [0.29, 0.717) is 0 Å². The van der Waals surface area contributed by atoms with Crippen molar-refractivity contribution in [3.05, 3.63) is 0 Å². The molecule has 4 nitrogen and oxygen atoms in total. The number of aliphatic hydroxyl groups excluding tert-OH is 1. The first kappa shape index (κ1) is 13.3. The number of nitrogens with zero attached hydrogens (tertiary/aromatic N) is 2. The van der Waals surface area contributed by atoms with E-state index in [1.54, 1.807) is 0 Å². The molecule has 2 unspecified atom stereocenters. The topological polar surface area (TPSA) is 52.7 Å². The van der Waals surface area contributed by atoms with Crippen molar-refractivity contribution >= 4 is 0 Å². The number of likely N-dealkylation sites (tertiary alicyclic amines) is 2. The molecule has 3 N–H and O–H groups in total. The van der Waals surface area contributed by atoms with E-state index in [0.717, 1.165) is 19.0 Å². The van der Waals surface area contributed by atoms with Crippen LogP contribution in [0.5, 0.6) is 0 Å². The van der Waals surface area contributed by atoms with Gasteiger partial charge in [-0.2, -0.15) is 0 Å². The molecule has 0 aliphatic carbocycles. The average Bonchev–Trinajstić information content (AvgIpc) is 2.79. The normalized spacial score (nSPS) is 29.6. The predicted molar refractivity (Wildman–Crippen MR) is 69.9 cm³/mol. The summed E-state index contributed by atoms with van der Waals surface area (Å²) in [5.74, 6) is 0. The van der Waals surface area contributed by atoms with Crippen LogP contribution in [0.1, 0.15) is 32.1 Å². The maximum atomic E-state index is 8.86. The summed E-state index contributed by atoms with van der Waals surface area (Å²) in [7, 11) is 0. The Kier molecular flexibility index (Phi) is 5.22. The fourth-order valence-corrected chi connectivity index (χ4v) is 3.15. The lowest BCUT2D eigenvalue weighted by molar-refractivity contribution is 0.159. The minimum absolute atomic E-state index is 0.139. The van der Waals surface area contributed by atoms with Crippen molar-refractivity contribution < 1.29 is 5.11 Å². The molecule has 0 amide bonds. The van der Waals surface area contributed by atoms with Crippen LogP contribution in [0.25, 0.3) is 0 Å². The minimum atomic E-state index is 0.139. The van der Waals surface area contributed by atoms with Gasteiger partial charge < -0.3 is 15.7 Å². The highest BCUT2D eigenvalue weighted by Crippen LogP contribution is 2.20. The molecular formula is C13H27N3O. The zero-order valence-electron chi connectivity index (χ0n) is 10.9. The van der Waals surface area contributed by atoms with Gasteiger partial charge in [-0.05, 0) is 45.3 Å². The molecule has 0 aromatic carbocycles. The number of aliphatic hydroxyl groups is 1. The maximum absolute atomic E-state index is 8.86. The maximum Gasteiger partial charge on any atom is 0.0446 e. The van der Waals surface area contributed by atoms with Gasteiger partial charge in [-0.1, -0.05) is 6.42 Å². The van der Waals surface area contributed by atoms with Crippen LogP contribution in [0.3, 0.4) is 0 Å². The fourth-order valence-electron chi connectivity index (χ4n) is 3.15. The van der Waals surface area contributed by atoms with Crippen molar-refractivity contribution in [2.24, 2.45) is 5.73 Å². The predicted octanol–water partition coefficient (Wildman–Crippen LogP) is 0.256. The molecule has 17 heavy (non-hydrogen) atoms. The summed E-state index contributed by atoms with van der Waals surface area (Å²) >= 11 is 0. The van der Waals surface area contributed by atoms with Crippen LogP contribution in [0.4, 0.5) is 0 Å². The lowest BCUT2D eigenvalue weighted by Crippen LogP contribution is -2.42. The van der Waals surface area contributed by atoms with Crippen LogP contribution in [-0.2, 0) is 0 Å². The molecular weight excluding hydrogens is 214 g/mol. The Hall–Kier alpha value is -0.160. The zero-order valence-corrected chi connectivity index (χ0v) is 10.9. The van der Waals surface area contributed by atoms with Crippen LogP contribution in [0.15, 0.2) is 0 Å². The van der Waals surface area contributed by atoms with E-state index in [2.05, 4.69) is 9.80 Å². The second-order valence-corrected chi connectivity index (χ2v) is 5.57. The second kappa shape index (κ2) is 6.69. The molecule has 2 saturated heterocycles. The Morgan fingerprint density at radius 2 is 1.94 bits per heavy atom. The Balaban J connectivity index is 1.71. The molecule has 2 aliphatic heterocycles. The van der Waals surface area contributed by atoms with Gasteiger partial charge in [-0.15, -0.1) is 0 Å². The van der Waals surface area contributed by atoms with Crippen LogP contribution >= 0.6 is 0 Å². The second-order valence-electron chi connectivity index (χ2n) is 5.57. The first-order valence-corrected chi connectivity index (χ1v) is 7.12. The number of hydrogen-bond donors (Lipinski definition) is 2. The summed E-state index contributed by atoms with van der Waals surface area (Å²) in [5, 5.41) is 8.86. The van der Waals surface area contributed by atoms with Gasteiger partial charge in [0.15, 0.2) is 0 Å². The quantitative estimate of drug-likeness (QED) is 0.725. The molecule has 2 heterocycles. The molecule has 2 fully saturated rings. The Labute approximate surface area is 105 Å². The monoisotopic (exact) mass is 241 g/mol. The molecule has 0 bridgehead atoms. The minimum Gasteiger partial charge on any atom is -0.396 e. The van der Waals surface area contributed by atoms with Gasteiger partial charge in [0.2, 0.25) is 0 Å². The highest BCUT2D eigenvalue weighted by molar-refractivity contribution is 4.86. The van der Waals surface area contributed by atoms with Gasteiger partial charge in [-0.3, -0.25) is 4.90 Å². The lowest BCUT2D eigenvalue weighted by atomic mass is 10.1. The summed E-state index contributed by atoms with van der Waals surface area (Å²) in [6, 6.07) is 0.900. The van der Waals surface area contributed by atoms with Crippen LogP contribution in [-0.4, -0.2) is 66.3 Å². The van der Waals surface area contributed by atoms with Crippen molar-refractivity contribution in [3.63, 3.8) is 0 Å². The van der Waals surface area contributed by atoms with Crippen molar-refractivity contribution in [1.29, 1.82) is 0 Å². The van der Waals surface area contributed by atoms with E-state index in [4.69, 9.17) is 10.8 Å². The van der Waals surface area contributed by atoms with Gasteiger partial charge >= 0.3 is 0 Å². The van der Waals surface area contributed by atoms with Crippen LogP contribution in [0.2, 0.25) is 0 Å². The van der Waals surface area contributed by atoms with Gasteiger partial charge in [0.1, 0.15) is 0 Å². The number of piperidine rings is 1. The third kappa shape index (κ3) is 3.91. The highest BCUT2D eigenvalue weighted by Gasteiger charge is 2.28. The van der Waals surface area contributed by atoms with E-state index in [-0.39, 0.29) is 12.6 Å². The van der Waals surface area contributed by atoms with Crippen molar-refractivity contribution in [3.8, 4) is 0 Å². The number of hydrogen-bond acceptors (Lipinski definition) is 4. The lowest BCUT2D eigenvalue weighted by Gasteiger charge is -2.32. The third-order valence-electron chi connectivity index (χ3n) is 4.15. The molecule has 0 aromatic heterocycles. The third-order valence-corrected chi connectivity index (χ3v) is 4.15. The fraction of sp³-hybridized carbons (Fsp3) is 1.00. The van der Waals surface area contributed by atoms with E-state index in [1.807, 2.05) is 0 Å². The highest BCUT2D eigenvalue weighted by atomic mass is 16.3. The van der Waals surface area contributed by atoms with Crippen LogP contribution in [0, 0.1) is 0 Å². The smallest absolute Gasteiger partial charge is 0.0446 e. The first-order valence-electron chi connectivity index (χ1n) is 7.12. The summed E-state index contributed by atoms with van der Waals surface area (Å²) < 4.78 is 0. The first-order chi connectivity index (χ1) is 8.29. The zero-order chi connectivity index (χ0) is 12.1. The molecule has 2 rings (SSSR count). The Morgan fingerprint density at radius 3 is 2.65 bits per heavy atom. The van der Waals surface area contributed by atoms with Gasteiger partial charge in [0, 0.05) is 31.8 Å². The molecule has 0 spiro atoms. The van der Waals surface area contributed by atoms with E-state index in [9.17, 15) is 0 Å². The molecule has 4 heteroatoms. The summed E-state index contributed by atoms with van der Waals surface area (Å²) in [6.07, 6.45) is 6.19. The number of nitrogens with two attached hydrogens (primary N) is 1. The summed E-state index contributed by atoms with van der Waals surface area (Å²) in [5.41, 5.74) is 5.97. The SMILES string of the molecule is NC(CCO)CN1CCC(N2CCCCC2)C1. The van der Waals surface area contributed by atoms with Gasteiger partial charge in [-0.25, -0.2) is 0 Å². The van der Waals surface area contributed by atoms with Gasteiger partial charge in [0.05, 0.1) is 0 Å². The molecule has 100 valence electrons. The largest absolute Gasteiger partial charge is 0.396 e. The van der Waals surface area contributed by atoms with Gasteiger partial charge in [0.25, 0.3) is 0 Å². The average molecular weight is 241 g/mol. The molecule has 0 aromatic rings. The molecule has 2 atom stereocenters. The Bertz CT molecular complexity index is 219. The summed E-state index contributed by atoms with van der Waals surface area (Å²) in [6.45, 7) is 6.11. The summed E-state index contributed by atoms with van der Waals surface area (Å²) in [4.78, 5) is 5.14. The van der Waals surface area contributed by atoms with E-state index < -0.39 is 0 Å². The van der Waals surface area contributed by atoms with Crippen molar-refractivity contribution in [2.75, 3.05) is 39.3 Å².